The van der Waals surface area contributed by atoms with Gasteiger partial charge in [-0.1, -0.05) is 18.2 Å². The summed E-state index contributed by atoms with van der Waals surface area (Å²) in [6, 6.07) is 6.18. The first-order chi connectivity index (χ1) is 5.02. The summed E-state index contributed by atoms with van der Waals surface area (Å²) in [5.41, 5.74) is 0. The molecule has 0 heterocycles. The third-order valence-corrected chi connectivity index (χ3v) is 2.84. The molecule has 1 aromatic carbocycles. The van der Waals surface area contributed by atoms with Gasteiger partial charge in [-0.05, 0) is 11.4 Å². The first-order valence-electron chi connectivity index (χ1n) is 2.84. The molecule has 1 unspecified atom stereocenters. The van der Waals surface area contributed by atoms with Crippen LogP contribution in [0.4, 0.5) is 0 Å². The molecule has 0 aliphatic rings. The predicted molar refractivity (Wildman–Crippen MR) is 67.0 cm³/mol. The molecule has 0 bridgehead atoms. The summed E-state index contributed by atoms with van der Waals surface area (Å²) < 4.78 is 29.8. The van der Waals surface area contributed by atoms with E-state index in [-0.39, 0.29) is 113 Å². The summed E-state index contributed by atoms with van der Waals surface area (Å²) in [6.07, 6.45) is 0. The third kappa shape index (κ3) is 9.72. The Hall–Kier alpha value is 3.18. The molecule has 1 rings (SSSR count). The second-order valence-electron chi connectivity index (χ2n) is 2.01. The maximum absolute atomic E-state index is 10.6. The number of rotatable bonds is 1. The van der Waals surface area contributed by atoms with E-state index < -0.39 is 10.1 Å². The number of hydrogen-bond donors (Lipinski definition) is 1. The minimum absolute atomic E-state index is 0. The van der Waals surface area contributed by atoms with Crippen LogP contribution in [0.1, 0.15) is 0 Å². The molecule has 75 valence electrons. The van der Waals surface area contributed by atoms with Gasteiger partial charge in [-0.25, -0.2) is 0 Å². The van der Waals surface area contributed by atoms with Crippen LogP contribution in [0.2, 0.25) is 0 Å². The van der Waals surface area contributed by atoms with E-state index in [0.29, 0.717) is 5.30 Å². The second-order valence-corrected chi connectivity index (χ2v) is 4.02. The average Bonchev–Trinajstić information content (AvgIpc) is 1.86. The number of hydrogen-bond acceptors (Lipinski definition) is 2. The first kappa shape index (κ1) is 26.7. The van der Waals surface area contributed by atoms with Crippen LogP contribution in [0.5, 0.6) is 0 Å². The molecule has 0 saturated heterocycles. The fraction of sp³-hybridized carbons (Fsp3) is 0. The summed E-state index contributed by atoms with van der Waals surface area (Å²) in [6.45, 7) is 0. The third-order valence-electron chi connectivity index (χ3n) is 1.20. The van der Waals surface area contributed by atoms with Crippen molar-refractivity contribution < 1.29 is 32.4 Å². The van der Waals surface area contributed by atoms with E-state index in [1.54, 1.807) is 18.2 Å². The van der Waals surface area contributed by atoms with Crippen LogP contribution in [-0.2, 0) is 29.6 Å². The Morgan fingerprint density at radius 1 is 1.07 bits per heavy atom. The van der Waals surface area contributed by atoms with Crippen molar-refractivity contribution in [2.24, 2.45) is 0 Å². The smallest absolute Gasteiger partial charge is 0 e. The Labute approximate surface area is 172 Å². The Morgan fingerprint density at radius 2 is 1.47 bits per heavy atom. The topological polar surface area (TPSA) is 54.4 Å². The molecule has 0 aliphatic carbocycles. The predicted octanol–water partition coefficient (Wildman–Crippen LogP) is -1.51. The zero-order chi connectivity index (χ0) is 8.48. The summed E-state index contributed by atoms with van der Waals surface area (Å²) in [5, 5.41) is 0.468. The summed E-state index contributed by atoms with van der Waals surface area (Å²) >= 11 is 0. The average molecular weight is 365 g/mol. The molecule has 3 nitrogen and oxygen atoms in total. The molecule has 0 spiro atoms. The minimum Gasteiger partial charge on any atom is 0 e. The van der Waals surface area contributed by atoms with Gasteiger partial charge in [-0.15, -0.1) is 9.24 Å². The maximum atomic E-state index is 10.6. The molecule has 1 N–H and O–H groups in total. The van der Waals surface area contributed by atoms with Gasteiger partial charge in [0.25, 0.3) is 10.1 Å². The molecule has 1 atom stereocenters. The molecule has 0 aliphatic heterocycles. The van der Waals surface area contributed by atoms with Crippen molar-refractivity contribution in [3.8, 4) is 0 Å². The molecular formula is C6H10Na3O3PRhS. The van der Waals surface area contributed by atoms with Crippen molar-refractivity contribution in [2.75, 3.05) is 0 Å². The van der Waals surface area contributed by atoms with Gasteiger partial charge in [0, 0.05) is 19.5 Å². The van der Waals surface area contributed by atoms with Crippen LogP contribution in [0.3, 0.4) is 0 Å². The van der Waals surface area contributed by atoms with Gasteiger partial charge in [-0.3, -0.25) is 4.55 Å². The van der Waals surface area contributed by atoms with Gasteiger partial charge in [0.15, 0.2) is 0 Å². The number of benzene rings is 1. The van der Waals surface area contributed by atoms with Gasteiger partial charge in [-0.2, -0.15) is 8.42 Å². The van der Waals surface area contributed by atoms with Crippen LogP contribution < -0.4 is 5.30 Å². The maximum Gasteiger partial charge on any atom is 0 e. The van der Waals surface area contributed by atoms with E-state index in [9.17, 15) is 8.42 Å². The SMILES string of the molecule is O=S(=O)(O)c1ccccc1P.[NaH].[NaH].[NaH].[Rh]. The van der Waals surface area contributed by atoms with Crippen molar-refractivity contribution in [3.63, 3.8) is 0 Å². The molecule has 9 heteroatoms. The van der Waals surface area contributed by atoms with Crippen molar-refractivity contribution in [1.29, 1.82) is 0 Å². The quantitative estimate of drug-likeness (QED) is 0.374. The zero-order valence-corrected chi connectivity index (χ0v) is 9.50. The van der Waals surface area contributed by atoms with Crippen molar-refractivity contribution in [1.82, 2.24) is 0 Å². The van der Waals surface area contributed by atoms with Crippen LogP contribution in [0.25, 0.3) is 0 Å². The van der Waals surface area contributed by atoms with Crippen molar-refractivity contribution in [2.45, 2.75) is 4.90 Å². The van der Waals surface area contributed by atoms with Gasteiger partial charge in [0.1, 0.15) is 4.90 Å². The second kappa shape index (κ2) is 12.2. The molecule has 0 fully saturated rings. The molecule has 1 aromatic rings. The van der Waals surface area contributed by atoms with Gasteiger partial charge < -0.3 is 0 Å². The fourth-order valence-corrected chi connectivity index (χ4v) is 1.99. The van der Waals surface area contributed by atoms with Crippen molar-refractivity contribution >= 4 is 113 Å². The van der Waals surface area contributed by atoms with E-state index in [4.69, 9.17) is 4.55 Å². The van der Waals surface area contributed by atoms with E-state index in [1.165, 1.54) is 6.07 Å². The van der Waals surface area contributed by atoms with Crippen LogP contribution in [-0.4, -0.2) is 102 Å². The summed E-state index contributed by atoms with van der Waals surface area (Å²) in [5.74, 6) is 0. The molecular weight excluding hydrogens is 355 g/mol. The molecule has 0 aromatic heterocycles. The van der Waals surface area contributed by atoms with Crippen molar-refractivity contribution in [3.05, 3.63) is 24.3 Å². The summed E-state index contributed by atoms with van der Waals surface area (Å²) in [7, 11) is -1.82. The first-order valence-corrected chi connectivity index (χ1v) is 4.85. The fourth-order valence-electron chi connectivity index (χ4n) is 0.715. The Morgan fingerprint density at radius 3 is 1.73 bits per heavy atom. The molecule has 1 radical (unpaired) electrons. The molecule has 0 saturated carbocycles. The minimum atomic E-state index is -4.05. The monoisotopic (exact) mass is 365 g/mol. The molecule has 15 heavy (non-hydrogen) atoms. The largest absolute Gasteiger partial charge is 0 e. The summed E-state index contributed by atoms with van der Waals surface area (Å²) in [4.78, 5) is -0.0648. The van der Waals surface area contributed by atoms with E-state index in [0.717, 1.165) is 0 Å². The van der Waals surface area contributed by atoms with E-state index in [2.05, 4.69) is 9.24 Å². The van der Waals surface area contributed by atoms with Crippen LogP contribution >= 0.6 is 9.24 Å². The Bertz CT molecular complexity index is 374. The molecule has 0 amide bonds. The Balaban J connectivity index is -0.000000151. The normalized spacial score (nSPS) is 8.40. The van der Waals surface area contributed by atoms with Crippen LogP contribution in [0.15, 0.2) is 29.2 Å². The van der Waals surface area contributed by atoms with E-state index in [1.807, 2.05) is 0 Å². The standard InChI is InChI=1S/C6H7O3PS.3Na.Rh.3H/c7-11(8,9)6-4-2-1-3-5(6)10;;;;;;;/h1-4H,10H2,(H,7,8,9);;;;;;;. The van der Waals surface area contributed by atoms with Gasteiger partial charge >= 0.3 is 88.7 Å². The van der Waals surface area contributed by atoms with Gasteiger partial charge in [0.2, 0.25) is 0 Å². The van der Waals surface area contributed by atoms with E-state index >= 15 is 0 Å². The van der Waals surface area contributed by atoms with Crippen LogP contribution in [0, 0.1) is 0 Å². The van der Waals surface area contributed by atoms with Gasteiger partial charge in [0.05, 0.1) is 0 Å². The Kier molecular flexibility index (Phi) is 21.8. The zero-order valence-electron chi connectivity index (χ0n) is 5.89.